The van der Waals surface area contributed by atoms with Gasteiger partial charge in [-0.3, -0.25) is 9.59 Å². The van der Waals surface area contributed by atoms with Crippen LogP contribution in [0.15, 0.2) is 48.0 Å². The van der Waals surface area contributed by atoms with Crippen molar-refractivity contribution in [3.05, 3.63) is 70.5 Å². The maximum absolute atomic E-state index is 13.7. The van der Waals surface area contributed by atoms with Crippen molar-refractivity contribution in [3.8, 4) is 5.75 Å². The Kier molecular flexibility index (Phi) is 8.67. The molecular weight excluding hydrogens is 447 g/mol. The minimum Gasteiger partial charge on any atom is -0.507 e. The molecule has 1 aliphatic heterocycles. The summed E-state index contributed by atoms with van der Waals surface area (Å²) in [6.45, 7) is 13.1. The number of aryl methyl sites for hydroxylation is 1. The average Bonchev–Trinajstić information content (AvgIpc) is 3.08. The van der Waals surface area contributed by atoms with Gasteiger partial charge in [0.15, 0.2) is 0 Å². The van der Waals surface area contributed by atoms with Gasteiger partial charge in [0, 0.05) is 18.7 Å². The fourth-order valence-electron chi connectivity index (χ4n) is 4.26. The highest BCUT2D eigenvalue weighted by atomic mass is 19.1. The highest BCUT2D eigenvalue weighted by Crippen LogP contribution is 2.39. The zero-order chi connectivity index (χ0) is 25.7. The molecule has 0 bridgehead atoms. The number of benzene rings is 2. The molecule has 6 nitrogen and oxygen atoms in total. The van der Waals surface area contributed by atoms with Gasteiger partial charge in [0.05, 0.1) is 18.2 Å². The van der Waals surface area contributed by atoms with E-state index in [1.807, 2.05) is 20.8 Å². The lowest BCUT2D eigenvalue weighted by atomic mass is 9.94. The predicted molar refractivity (Wildman–Crippen MR) is 135 cm³/mol. The monoisotopic (exact) mass is 482 g/mol. The summed E-state index contributed by atoms with van der Waals surface area (Å²) in [7, 11) is 0. The topological polar surface area (TPSA) is 70.1 Å². The molecule has 3 rings (SSSR count). The van der Waals surface area contributed by atoms with Crippen LogP contribution in [0.5, 0.6) is 5.75 Å². The van der Waals surface area contributed by atoms with Crippen molar-refractivity contribution in [1.82, 2.24) is 9.80 Å². The summed E-state index contributed by atoms with van der Waals surface area (Å²) < 4.78 is 19.5. The Morgan fingerprint density at radius 2 is 1.77 bits per heavy atom. The first-order valence-corrected chi connectivity index (χ1v) is 12.2. The van der Waals surface area contributed by atoms with Crippen molar-refractivity contribution in [3.63, 3.8) is 0 Å². The number of Topliss-reactive ketones (excluding diaryl/α,β-unsaturated/α-hetero) is 1. The molecule has 0 radical (unpaired) electrons. The molecule has 1 heterocycles. The van der Waals surface area contributed by atoms with E-state index in [0.29, 0.717) is 42.5 Å². The number of likely N-dealkylation sites (N-methyl/N-ethyl adjacent to an activating group) is 1. The molecule has 1 N–H and O–H groups in total. The minimum atomic E-state index is -0.802. The molecule has 2 aromatic rings. The third kappa shape index (κ3) is 5.90. The van der Waals surface area contributed by atoms with Crippen LogP contribution in [0.2, 0.25) is 0 Å². The van der Waals surface area contributed by atoms with Crippen LogP contribution in [0.3, 0.4) is 0 Å². The van der Waals surface area contributed by atoms with Gasteiger partial charge in [-0.2, -0.15) is 0 Å². The fourth-order valence-corrected chi connectivity index (χ4v) is 4.26. The molecular formula is C28H35FN2O4. The van der Waals surface area contributed by atoms with Crippen molar-refractivity contribution < 1.29 is 23.8 Å². The summed E-state index contributed by atoms with van der Waals surface area (Å²) >= 11 is 0. The van der Waals surface area contributed by atoms with Gasteiger partial charge < -0.3 is 19.6 Å². The average molecular weight is 483 g/mol. The zero-order valence-corrected chi connectivity index (χ0v) is 21.2. The smallest absolute Gasteiger partial charge is 0.295 e. The van der Waals surface area contributed by atoms with E-state index in [0.717, 1.165) is 18.7 Å². The van der Waals surface area contributed by atoms with E-state index in [1.165, 1.54) is 17.0 Å². The number of aliphatic hydroxyl groups excluding tert-OH is 1. The number of nitrogens with zero attached hydrogens (tertiary/aromatic N) is 2. The zero-order valence-electron chi connectivity index (χ0n) is 21.2. The van der Waals surface area contributed by atoms with Crippen molar-refractivity contribution in [1.29, 1.82) is 0 Å². The Balaban J connectivity index is 2.04. The lowest BCUT2D eigenvalue weighted by Crippen LogP contribution is -2.38. The molecule has 1 aliphatic rings. The lowest BCUT2D eigenvalue weighted by Gasteiger charge is -2.28. The molecule has 1 fully saturated rings. The van der Waals surface area contributed by atoms with Crippen LogP contribution < -0.4 is 4.74 Å². The SMILES string of the molecule is CCN(CC)CCN1C(=O)C(=O)/C(=C(/O)c2ccc(OCC(C)C)c(C)c2)C1c1ccc(F)cc1. The third-order valence-electron chi connectivity index (χ3n) is 6.30. The minimum absolute atomic E-state index is 0.0106. The second-order valence-electron chi connectivity index (χ2n) is 9.26. The molecule has 1 saturated heterocycles. The van der Waals surface area contributed by atoms with E-state index in [9.17, 15) is 19.1 Å². The largest absolute Gasteiger partial charge is 0.507 e. The van der Waals surface area contributed by atoms with Gasteiger partial charge in [0.2, 0.25) is 0 Å². The van der Waals surface area contributed by atoms with Crippen LogP contribution in [0.4, 0.5) is 4.39 Å². The van der Waals surface area contributed by atoms with E-state index in [2.05, 4.69) is 18.7 Å². The first kappa shape index (κ1) is 26.4. The molecule has 0 spiro atoms. The number of ketones is 1. The molecule has 2 aromatic carbocycles. The van der Waals surface area contributed by atoms with Crippen molar-refractivity contribution >= 4 is 17.4 Å². The normalized spacial score (nSPS) is 17.6. The summed E-state index contributed by atoms with van der Waals surface area (Å²) in [5, 5.41) is 11.3. The molecule has 188 valence electrons. The lowest BCUT2D eigenvalue weighted by molar-refractivity contribution is -0.140. The summed E-state index contributed by atoms with van der Waals surface area (Å²) in [4.78, 5) is 29.9. The second-order valence-corrected chi connectivity index (χ2v) is 9.26. The number of hydrogen-bond donors (Lipinski definition) is 1. The number of hydrogen-bond acceptors (Lipinski definition) is 5. The quantitative estimate of drug-likeness (QED) is 0.295. The molecule has 0 saturated carbocycles. The number of rotatable bonds is 10. The summed E-state index contributed by atoms with van der Waals surface area (Å²) in [6.07, 6.45) is 0. The van der Waals surface area contributed by atoms with Crippen LogP contribution in [0, 0.1) is 18.7 Å². The van der Waals surface area contributed by atoms with Gasteiger partial charge in [-0.15, -0.1) is 0 Å². The van der Waals surface area contributed by atoms with Gasteiger partial charge in [-0.1, -0.05) is 39.8 Å². The molecule has 0 aromatic heterocycles. The number of halogens is 1. The molecule has 1 unspecified atom stereocenters. The Labute approximate surface area is 207 Å². The number of aliphatic hydroxyl groups is 1. The highest BCUT2D eigenvalue weighted by Gasteiger charge is 2.46. The van der Waals surface area contributed by atoms with Crippen LogP contribution >= 0.6 is 0 Å². The van der Waals surface area contributed by atoms with E-state index in [4.69, 9.17) is 4.74 Å². The van der Waals surface area contributed by atoms with Gasteiger partial charge >= 0.3 is 0 Å². The number of carbonyl (C=O) groups is 2. The Morgan fingerprint density at radius 3 is 2.34 bits per heavy atom. The van der Waals surface area contributed by atoms with Crippen LogP contribution in [0.25, 0.3) is 5.76 Å². The van der Waals surface area contributed by atoms with E-state index < -0.39 is 23.5 Å². The van der Waals surface area contributed by atoms with Crippen molar-refractivity contribution in [2.75, 3.05) is 32.8 Å². The molecule has 1 amide bonds. The van der Waals surface area contributed by atoms with E-state index >= 15 is 0 Å². The number of amides is 1. The van der Waals surface area contributed by atoms with Crippen LogP contribution in [0.1, 0.15) is 50.4 Å². The Bertz CT molecular complexity index is 1090. The van der Waals surface area contributed by atoms with Gasteiger partial charge in [0.25, 0.3) is 11.7 Å². The van der Waals surface area contributed by atoms with Gasteiger partial charge in [0.1, 0.15) is 17.3 Å². The summed E-state index contributed by atoms with van der Waals surface area (Å²) in [6, 6.07) is 10.1. The van der Waals surface area contributed by atoms with Crippen molar-refractivity contribution in [2.45, 2.75) is 40.7 Å². The van der Waals surface area contributed by atoms with Crippen molar-refractivity contribution in [2.24, 2.45) is 5.92 Å². The predicted octanol–water partition coefficient (Wildman–Crippen LogP) is 4.93. The standard InChI is InChI=1S/C28H35FN2O4/c1-6-30(7-2)14-15-31-25(20-8-11-22(29)12-9-20)24(27(33)28(31)34)26(32)21-10-13-23(19(5)16-21)35-17-18(3)4/h8-13,16,18,25,32H,6-7,14-15,17H2,1-5H3/b26-24+. The number of ether oxygens (including phenoxy) is 1. The van der Waals surface area contributed by atoms with Crippen LogP contribution in [-0.2, 0) is 9.59 Å². The molecule has 7 heteroatoms. The molecule has 0 aliphatic carbocycles. The maximum atomic E-state index is 13.7. The number of carbonyl (C=O) groups excluding carboxylic acids is 2. The Morgan fingerprint density at radius 1 is 1.11 bits per heavy atom. The summed E-state index contributed by atoms with van der Waals surface area (Å²) in [5.41, 5.74) is 1.81. The molecule has 35 heavy (non-hydrogen) atoms. The van der Waals surface area contributed by atoms with Gasteiger partial charge in [-0.25, -0.2) is 4.39 Å². The first-order valence-electron chi connectivity index (χ1n) is 12.2. The van der Waals surface area contributed by atoms with Gasteiger partial charge in [-0.05, 0) is 67.4 Å². The highest BCUT2D eigenvalue weighted by molar-refractivity contribution is 6.46. The summed E-state index contributed by atoms with van der Waals surface area (Å²) in [5.74, 6) is -1.01. The molecule has 1 atom stereocenters. The maximum Gasteiger partial charge on any atom is 0.295 e. The number of likely N-dealkylation sites (tertiary alicyclic amines) is 1. The van der Waals surface area contributed by atoms with Crippen LogP contribution in [-0.4, -0.2) is 59.4 Å². The first-order chi connectivity index (χ1) is 16.7. The second kappa shape index (κ2) is 11.5. The fraction of sp³-hybridized carbons (Fsp3) is 0.429. The van der Waals surface area contributed by atoms with E-state index in [-0.39, 0.29) is 11.3 Å². The third-order valence-corrected chi connectivity index (χ3v) is 6.30. The Hall–Kier alpha value is -3.19. The van der Waals surface area contributed by atoms with E-state index in [1.54, 1.807) is 30.3 Å².